The Kier molecular flexibility index (Phi) is 6.65. The summed E-state index contributed by atoms with van der Waals surface area (Å²) in [6.07, 6.45) is 0. The summed E-state index contributed by atoms with van der Waals surface area (Å²) >= 11 is 0. The van der Waals surface area contributed by atoms with Gasteiger partial charge in [0.05, 0.1) is 10.9 Å². The first-order chi connectivity index (χ1) is 14.1. The molecule has 0 unspecified atom stereocenters. The van der Waals surface area contributed by atoms with E-state index in [1.807, 2.05) is 70.2 Å². The van der Waals surface area contributed by atoms with E-state index in [1.54, 1.807) is 16.3 Å². The van der Waals surface area contributed by atoms with Crippen LogP contribution in [-0.2, 0) is 14.8 Å². The Labute approximate surface area is 180 Å². The number of benzene rings is 2. The number of nitrogens with zero attached hydrogens (tertiary/aromatic N) is 3. The van der Waals surface area contributed by atoms with Gasteiger partial charge in [-0.1, -0.05) is 35.9 Å². The quantitative estimate of drug-likeness (QED) is 0.733. The third-order valence-electron chi connectivity index (χ3n) is 5.85. The molecular formula is C23H31N3O3S. The van der Waals surface area contributed by atoms with Gasteiger partial charge in [-0.2, -0.15) is 4.31 Å². The SMILES string of the molecule is Cc1cc(C)c(S(=O)(=O)N2CCN([C@@H](C)C(=O)N(C)c3ccccc3)CC2)c(C)c1. The molecule has 0 radical (unpaired) electrons. The highest BCUT2D eigenvalue weighted by Crippen LogP contribution is 2.26. The predicted molar refractivity (Wildman–Crippen MR) is 120 cm³/mol. The lowest BCUT2D eigenvalue weighted by Crippen LogP contribution is -2.55. The summed E-state index contributed by atoms with van der Waals surface area (Å²) in [5, 5.41) is 0. The number of rotatable bonds is 5. The van der Waals surface area contributed by atoms with E-state index in [0.29, 0.717) is 31.1 Å². The van der Waals surface area contributed by atoms with E-state index >= 15 is 0 Å². The molecule has 1 aliphatic heterocycles. The molecule has 1 aliphatic rings. The van der Waals surface area contributed by atoms with Crippen LogP contribution in [0.3, 0.4) is 0 Å². The van der Waals surface area contributed by atoms with Crippen LogP contribution in [0.5, 0.6) is 0 Å². The van der Waals surface area contributed by atoms with Crippen molar-refractivity contribution in [1.29, 1.82) is 0 Å². The molecule has 6 nitrogen and oxygen atoms in total. The molecule has 1 heterocycles. The minimum atomic E-state index is -3.56. The van der Waals surface area contributed by atoms with Crippen molar-refractivity contribution in [3.63, 3.8) is 0 Å². The molecule has 0 aromatic heterocycles. The number of amides is 1. The molecule has 0 spiro atoms. The summed E-state index contributed by atoms with van der Waals surface area (Å²) in [6.45, 7) is 9.37. The van der Waals surface area contributed by atoms with E-state index in [9.17, 15) is 13.2 Å². The van der Waals surface area contributed by atoms with E-state index in [4.69, 9.17) is 0 Å². The number of hydrogen-bond donors (Lipinski definition) is 0. The van der Waals surface area contributed by atoms with Gasteiger partial charge in [0.1, 0.15) is 0 Å². The molecule has 2 aromatic rings. The van der Waals surface area contributed by atoms with Crippen LogP contribution in [0.2, 0.25) is 0 Å². The lowest BCUT2D eigenvalue weighted by molar-refractivity contribution is -0.123. The maximum Gasteiger partial charge on any atom is 0.243 e. The second-order valence-electron chi connectivity index (χ2n) is 8.08. The molecule has 1 saturated heterocycles. The Bertz CT molecular complexity index is 990. The fourth-order valence-electron chi connectivity index (χ4n) is 4.25. The maximum absolute atomic E-state index is 13.3. The Balaban J connectivity index is 1.69. The molecule has 2 aromatic carbocycles. The van der Waals surface area contributed by atoms with Crippen molar-refractivity contribution in [3.05, 3.63) is 59.2 Å². The van der Waals surface area contributed by atoms with E-state index in [0.717, 1.165) is 22.4 Å². The number of anilines is 1. The predicted octanol–water partition coefficient (Wildman–Crippen LogP) is 2.97. The van der Waals surface area contributed by atoms with Crippen LogP contribution in [-0.4, -0.2) is 62.8 Å². The van der Waals surface area contributed by atoms with Gasteiger partial charge in [-0.15, -0.1) is 0 Å². The summed E-state index contributed by atoms with van der Waals surface area (Å²) in [6, 6.07) is 13.0. The van der Waals surface area contributed by atoms with E-state index in [1.165, 1.54) is 0 Å². The zero-order chi connectivity index (χ0) is 22.1. The highest BCUT2D eigenvalue weighted by Gasteiger charge is 2.34. The smallest absolute Gasteiger partial charge is 0.243 e. The normalized spacial score (nSPS) is 17.0. The van der Waals surface area contributed by atoms with Crippen molar-refractivity contribution < 1.29 is 13.2 Å². The molecule has 162 valence electrons. The largest absolute Gasteiger partial charge is 0.314 e. The minimum Gasteiger partial charge on any atom is -0.314 e. The summed E-state index contributed by atoms with van der Waals surface area (Å²) in [4.78, 5) is 17.0. The second-order valence-corrected chi connectivity index (χ2v) is 9.95. The third kappa shape index (κ3) is 4.43. The first-order valence-corrected chi connectivity index (χ1v) is 11.7. The van der Waals surface area contributed by atoms with Crippen LogP contribution in [0, 0.1) is 20.8 Å². The zero-order valence-electron chi connectivity index (χ0n) is 18.4. The zero-order valence-corrected chi connectivity index (χ0v) is 19.2. The van der Waals surface area contributed by atoms with Gasteiger partial charge in [0, 0.05) is 38.9 Å². The van der Waals surface area contributed by atoms with Crippen molar-refractivity contribution in [2.24, 2.45) is 0 Å². The van der Waals surface area contributed by atoms with Gasteiger partial charge >= 0.3 is 0 Å². The molecule has 0 N–H and O–H groups in total. The molecule has 0 bridgehead atoms. The lowest BCUT2D eigenvalue weighted by Gasteiger charge is -2.38. The number of sulfonamides is 1. The van der Waals surface area contributed by atoms with Crippen LogP contribution in [0.4, 0.5) is 5.69 Å². The Hall–Kier alpha value is -2.22. The molecule has 1 atom stereocenters. The first kappa shape index (κ1) is 22.5. The first-order valence-electron chi connectivity index (χ1n) is 10.3. The Morgan fingerprint density at radius 2 is 1.50 bits per heavy atom. The fourth-order valence-corrected chi connectivity index (χ4v) is 6.08. The Morgan fingerprint density at radius 3 is 2.03 bits per heavy atom. The van der Waals surface area contributed by atoms with Gasteiger partial charge < -0.3 is 4.90 Å². The van der Waals surface area contributed by atoms with Crippen molar-refractivity contribution in [2.45, 2.75) is 38.6 Å². The minimum absolute atomic E-state index is 0.00253. The van der Waals surface area contributed by atoms with Gasteiger partial charge in [-0.25, -0.2) is 8.42 Å². The molecule has 30 heavy (non-hydrogen) atoms. The number of hydrogen-bond acceptors (Lipinski definition) is 4. The molecule has 7 heteroatoms. The monoisotopic (exact) mass is 429 g/mol. The average molecular weight is 430 g/mol. The third-order valence-corrected chi connectivity index (χ3v) is 8.06. The molecule has 0 saturated carbocycles. The van der Waals surface area contributed by atoms with Crippen LogP contribution >= 0.6 is 0 Å². The highest BCUT2D eigenvalue weighted by molar-refractivity contribution is 7.89. The molecule has 0 aliphatic carbocycles. The van der Waals surface area contributed by atoms with Gasteiger partial charge in [-0.05, 0) is 51.0 Å². The summed E-state index contributed by atoms with van der Waals surface area (Å²) < 4.78 is 28.1. The molecule has 3 rings (SSSR count). The number of carbonyl (C=O) groups is 1. The van der Waals surface area contributed by atoms with Crippen LogP contribution in [0.1, 0.15) is 23.6 Å². The van der Waals surface area contributed by atoms with Crippen molar-refractivity contribution in [1.82, 2.24) is 9.21 Å². The van der Waals surface area contributed by atoms with E-state index in [-0.39, 0.29) is 11.9 Å². The molecule has 1 fully saturated rings. The summed E-state index contributed by atoms with van der Waals surface area (Å²) in [5.41, 5.74) is 3.47. The standard InChI is InChI=1S/C23H31N3O3S/c1-17-15-18(2)22(19(3)16-17)30(28,29)26-13-11-25(12-14-26)20(4)23(27)24(5)21-9-7-6-8-10-21/h6-10,15-16,20H,11-14H2,1-5H3/t20-/m0/s1. The number of likely N-dealkylation sites (N-methyl/N-ethyl adjacent to an activating group) is 1. The van der Waals surface area contributed by atoms with E-state index in [2.05, 4.69) is 4.90 Å². The average Bonchev–Trinajstić information content (AvgIpc) is 2.72. The van der Waals surface area contributed by atoms with E-state index < -0.39 is 10.0 Å². The second kappa shape index (κ2) is 8.88. The number of carbonyl (C=O) groups excluding carboxylic acids is 1. The number of piperazine rings is 1. The molecule has 1 amide bonds. The van der Waals surface area contributed by atoms with Crippen LogP contribution in [0.15, 0.2) is 47.4 Å². The Morgan fingerprint density at radius 1 is 0.967 bits per heavy atom. The van der Waals surface area contributed by atoms with Crippen molar-refractivity contribution in [2.75, 3.05) is 38.1 Å². The van der Waals surface area contributed by atoms with Crippen LogP contribution < -0.4 is 4.90 Å². The van der Waals surface area contributed by atoms with Gasteiger partial charge in [0.2, 0.25) is 15.9 Å². The number of para-hydroxylation sites is 1. The maximum atomic E-state index is 13.3. The van der Waals surface area contributed by atoms with Crippen LogP contribution in [0.25, 0.3) is 0 Å². The molecular weight excluding hydrogens is 398 g/mol. The van der Waals surface area contributed by atoms with Gasteiger partial charge in [0.25, 0.3) is 0 Å². The lowest BCUT2D eigenvalue weighted by atomic mass is 10.1. The van der Waals surface area contributed by atoms with Gasteiger partial charge in [-0.3, -0.25) is 9.69 Å². The van der Waals surface area contributed by atoms with Crippen molar-refractivity contribution in [3.8, 4) is 0 Å². The summed E-state index contributed by atoms with van der Waals surface area (Å²) in [5.74, 6) is 0.00253. The topological polar surface area (TPSA) is 60.9 Å². The summed E-state index contributed by atoms with van der Waals surface area (Å²) in [7, 11) is -1.78. The van der Waals surface area contributed by atoms with Gasteiger partial charge in [0.15, 0.2) is 0 Å². The fraction of sp³-hybridized carbons (Fsp3) is 0.435. The number of aryl methyl sites for hydroxylation is 3. The highest BCUT2D eigenvalue weighted by atomic mass is 32.2. The van der Waals surface area contributed by atoms with Crippen molar-refractivity contribution >= 4 is 21.6 Å².